The number of aryl methyl sites for hydroxylation is 1. The van der Waals surface area contributed by atoms with Crippen LogP contribution in [-0.2, 0) is 6.54 Å². The lowest BCUT2D eigenvalue weighted by Crippen LogP contribution is -3.23. The van der Waals surface area contributed by atoms with Gasteiger partial charge in [-0.2, -0.15) is 0 Å². The van der Waals surface area contributed by atoms with Crippen LogP contribution in [-0.4, -0.2) is 36.3 Å². The molecule has 0 bridgehead atoms. The molecule has 0 unspecified atom stereocenters. The fourth-order valence-corrected chi connectivity index (χ4v) is 4.63. The minimum Gasteiger partial charge on any atom is -0.340 e. The number of nitrogens with zero attached hydrogens (tertiary/aromatic N) is 1. The summed E-state index contributed by atoms with van der Waals surface area (Å²) in [4.78, 5) is 1.78. The van der Waals surface area contributed by atoms with Crippen molar-refractivity contribution >= 4 is 21.8 Å². The summed E-state index contributed by atoms with van der Waals surface area (Å²) in [6.45, 7) is 9.73. The van der Waals surface area contributed by atoms with Crippen LogP contribution in [0.3, 0.4) is 0 Å². The Labute approximate surface area is 144 Å². The molecule has 0 aliphatic carbocycles. The van der Waals surface area contributed by atoms with Crippen molar-refractivity contribution in [3.8, 4) is 0 Å². The monoisotopic (exact) mass is 323 g/mol. The van der Waals surface area contributed by atoms with Crippen LogP contribution in [0.15, 0.2) is 48.5 Å². The average molecular weight is 323 g/mol. The first-order valence-electron chi connectivity index (χ1n) is 9.37. The van der Waals surface area contributed by atoms with E-state index in [0.29, 0.717) is 0 Å². The number of fused-ring (bicyclic) bond motifs is 3. The molecule has 0 amide bonds. The number of piperazine rings is 1. The largest absolute Gasteiger partial charge is 0.340 e. The molecule has 0 saturated carbocycles. The maximum atomic E-state index is 2.52. The van der Waals surface area contributed by atoms with Crippen LogP contribution < -0.4 is 10.2 Å². The number of hydrogen-bond acceptors (Lipinski definition) is 0. The number of hydrogen-bond donors (Lipinski definition) is 2. The van der Waals surface area contributed by atoms with E-state index < -0.39 is 0 Å². The number of quaternary nitrogens is 2. The zero-order valence-corrected chi connectivity index (χ0v) is 14.8. The zero-order chi connectivity index (χ0) is 16.5. The summed E-state index contributed by atoms with van der Waals surface area (Å²) in [7, 11) is 0. The zero-order valence-electron chi connectivity index (χ0n) is 14.8. The second-order valence-corrected chi connectivity index (χ2v) is 7.59. The van der Waals surface area contributed by atoms with E-state index in [1.54, 1.807) is 4.90 Å². The van der Waals surface area contributed by atoms with E-state index in [1.165, 1.54) is 47.9 Å². The third-order valence-electron chi connectivity index (χ3n) is 5.47. The quantitative estimate of drug-likeness (QED) is 0.726. The van der Waals surface area contributed by atoms with Gasteiger partial charge in [0.2, 0.25) is 0 Å². The molecule has 0 spiro atoms. The van der Waals surface area contributed by atoms with Crippen molar-refractivity contribution in [1.29, 1.82) is 0 Å². The first-order valence-corrected chi connectivity index (χ1v) is 9.37. The Kier molecular flexibility index (Phi) is 4.30. The highest BCUT2D eigenvalue weighted by Crippen LogP contribution is 2.28. The lowest BCUT2D eigenvalue weighted by molar-refractivity contribution is -0.966. The second kappa shape index (κ2) is 6.58. The molecule has 3 aromatic rings. The van der Waals surface area contributed by atoms with Gasteiger partial charge in [-0.1, -0.05) is 36.4 Å². The maximum absolute atomic E-state index is 2.52. The Morgan fingerprint density at radius 1 is 0.917 bits per heavy atom. The summed E-state index contributed by atoms with van der Waals surface area (Å²) >= 11 is 0. The molecule has 1 fully saturated rings. The van der Waals surface area contributed by atoms with E-state index in [9.17, 15) is 0 Å². The molecule has 2 aromatic carbocycles. The van der Waals surface area contributed by atoms with Crippen molar-refractivity contribution in [1.82, 2.24) is 4.57 Å². The van der Waals surface area contributed by atoms with Crippen LogP contribution >= 0.6 is 0 Å². The number of nitrogens with one attached hydrogen (secondary N) is 1. The van der Waals surface area contributed by atoms with E-state index >= 15 is 0 Å². The summed E-state index contributed by atoms with van der Waals surface area (Å²) in [5.41, 5.74) is 2.75. The van der Waals surface area contributed by atoms with Crippen LogP contribution in [0.25, 0.3) is 21.8 Å². The molecule has 1 saturated heterocycles. The Morgan fingerprint density at radius 2 is 1.46 bits per heavy atom. The van der Waals surface area contributed by atoms with Crippen molar-refractivity contribution < 1.29 is 10.2 Å². The van der Waals surface area contributed by atoms with Crippen molar-refractivity contribution in [3.63, 3.8) is 0 Å². The Balaban J connectivity index is 1.54. The highest BCUT2D eigenvalue weighted by atomic mass is 15.2. The molecule has 1 aromatic heterocycles. The van der Waals surface area contributed by atoms with Gasteiger partial charge in [0.1, 0.15) is 25.2 Å². The lowest BCUT2D eigenvalue weighted by Gasteiger charge is -2.30. The Hall–Kier alpha value is -1.84. The highest BCUT2D eigenvalue weighted by Gasteiger charge is 2.27. The minimum absolute atomic E-state index is 0.761. The van der Waals surface area contributed by atoms with Gasteiger partial charge in [0, 0.05) is 34.8 Å². The van der Waals surface area contributed by atoms with Gasteiger partial charge in [-0.25, -0.2) is 0 Å². The third kappa shape index (κ3) is 2.94. The number of rotatable bonds is 4. The molecule has 3 N–H and O–H groups in total. The molecule has 1 aliphatic rings. The van der Waals surface area contributed by atoms with E-state index in [1.807, 2.05) is 0 Å². The second-order valence-electron chi connectivity index (χ2n) is 7.59. The molecule has 1 aliphatic heterocycles. The molecule has 0 radical (unpaired) electrons. The summed E-state index contributed by atoms with van der Waals surface area (Å²) < 4.78 is 2.52. The average Bonchev–Trinajstić information content (AvgIpc) is 2.89. The molecule has 2 heterocycles. The molecular formula is C21H29N3+2. The molecular weight excluding hydrogens is 294 g/mol. The van der Waals surface area contributed by atoms with Crippen molar-refractivity contribution in [2.24, 2.45) is 0 Å². The van der Waals surface area contributed by atoms with Gasteiger partial charge in [-0.15, -0.1) is 0 Å². The maximum Gasteiger partial charge on any atom is 0.133 e. The minimum atomic E-state index is 0.761. The number of nitrogens with two attached hydrogens (primary N) is 1. The lowest BCUT2D eigenvalue weighted by atomic mass is 10.1. The fraction of sp³-hybridized carbons (Fsp3) is 0.429. The number of aromatic nitrogens is 1. The predicted octanol–water partition coefficient (Wildman–Crippen LogP) is 1.42. The van der Waals surface area contributed by atoms with Gasteiger partial charge in [-0.3, -0.25) is 0 Å². The Morgan fingerprint density at radius 3 is 2.04 bits per heavy atom. The normalized spacial score (nSPS) is 24.7. The molecule has 4 rings (SSSR count). The van der Waals surface area contributed by atoms with Crippen molar-refractivity contribution in [2.45, 2.75) is 38.9 Å². The van der Waals surface area contributed by atoms with Gasteiger partial charge in [0.15, 0.2) is 0 Å². The summed E-state index contributed by atoms with van der Waals surface area (Å²) in [6.07, 6.45) is 1.25. The van der Waals surface area contributed by atoms with Crippen molar-refractivity contribution in [2.75, 3.05) is 19.6 Å². The molecule has 2 atom stereocenters. The van der Waals surface area contributed by atoms with E-state index in [0.717, 1.165) is 18.6 Å². The smallest absolute Gasteiger partial charge is 0.133 e. The van der Waals surface area contributed by atoms with Gasteiger partial charge < -0.3 is 14.8 Å². The van der Waals surface area contributed by atoms with Crippen molar-refractivity contribution in [3.05, 3.63) is 48.5 Å². The van der Waals surface area contributed by atoms with Gasteiger partial charge in [-0.05, 0) is 26.0 Å². The SMILES string of the molecule is C[C@@H]1C[NH+](CCCn2c3ccccc3c3ccccc32)C[C@@H](C)[NH2+]1. The van der Waals surface area contributed by atoms with Gasteiger partial charge >= 0.3 is 0 Å². The molecule has 24 heavy (non-hydrogen) atoms. The van der Waals surface area contributed by atoms with E-state index in [-0.39, 0.29) is 0 Å². The van der Waals surface area contributed by atoms with E-state index in [2.05, 4.69) is 72.3 Å². The summed E-state index contributed by atoms with van der Waals surface area (Å²) in [5, 5.41) is 5.29. The van der Waals surface area contributed by atoms with E-state index in [4.69, 9.17) is 0 Å². The first kappa shape index (κ1) is 15.7. The first-order chi connectivity index (χ1) is 11.7. The summed E-state index contributed by atoms with van der Waals surface area (Å²) in [5.74, 6) is 0. The molecule has 126 valence electrons. The van der Waals surface area contributed by atoms with Crippen LogP contribution in [0.4, 0.5) is 0 Å². The molecule has 3 nitrogen and oxygen atoms in total. The Bertz CT molecular complexity index is 772. The van der Waals surface area contributed by atoms with Crippen LogP contribution in [0.2, 0.25) is 0 Å². The van der Waals surface area contributed by atoms with Gasteiger partial charge in [0.25, 0.3) is 0 Å². The highest BCUT2D eigenvalue weighted by molar-refractivity contribution is 6.07. The predicted molar refractivity (Wildman–Crippen MR) is 100 cm³/mol. The molecule has 3 heteroatoms. The number of benzene rings is 2. The summed E-state index contributed by atoms with van der Waals surface area (Å²) in [6, 6.07) is 19.2. The number of para-hydroxylation sites is 2. The third-order valence-corrected chi connectivity index (χ3v) is 5.47. The fourth-order valence-electron chi connectivity index (χ4n) is 4.63. The van der Waals surface area contributed by atoms with Crippen LogP contribution in [0.1, 0.15) is 20.3 Å². The van der Waals surface area contributed by atoms with Crippen LogP contribution in [0.5, 0.6) is 0 Å². The topological polar surface area (TPSA) is 26.0 Å². The van der Waals surface area contributed by atoms with Gasteiger partial charge in [0.05, 0.1) is 6.54 Å². The standard InChI is InChI=1S/C21H27N3/c1-16-14-23(15-17(2)22-16)12-7-13-24-20-10-5-3-8-18(20)19-9-4-6-11-21(19)24/h3-6,8-11,16-17,22H,7,12-15H2,1-2H3/p+2/t16-,17-/m1/s1. The van der Waals surface area contributed by atoms with Crippen LogP contribution in [0, 0.1) is 0 Å².